The van der Waals surface area contributed by atoms with E-state index >= 15 is 0 Å². The largest absolute Gasteiger partial charge is 0.341 e. The Bertz CT molecular complexity index is 242. The number of piperidine rings is 1. The van der Waals surface area contributed by atoms with E-state index in [0.29, 0.717) is 11.8 Å². The molecule has 0 saturated carbocycles. The van der Waals surface area contributed by atoms with E-state index < -0.39 is 0 Å². The Morgan fingerprint density at radius 1 is 1.12 bits per heavy atom. The summed E-state index contributed by atoms with van der Waals surface area (Å²) >= 11 is 0. The minimum Gasteiger partial charge on any atom is -0.341 e. The van der Waals surface area contributed by atoms with Crippen molar-refractivity contribution >= 4 is 5.91 Å². The first-order valence-electron chi connectivity index (χ1n) is 7.17. The summed E-state index contributed by atoms with van der Waals surface area (Å²) in [5.74, 6) is 1.07. The molecule has 100 valence electrons. The smallest absolute Gasteiger partial charge is 0.239 e. The van der Waals surface area contributed by atoms with Crippen LogP contribution < -0.4 is 0 Å². The van der Waals surface area contributed by atoms with Gasteiger partial charge in [0.05, 0.1) is 6.04 Å². The molecule has 0 radical (unpaired) electrons. The van der Waals surface area contributed by atoms with E-state index in [2.05, 4.69) is 23.8 Å². The summed E-state index contributed by atoms with van der Waals surface area (Å²) in [5, 5.41) is 0. The van der Waals surface area contributed by atoms with Crippen molar-refractivity contribution in [3.05, 3.63) is 0 Å². The third kappa shape index (κ3) is 3.70. The molecule has 2 aliphatic rings. The van der Waals surface area contributed by atoms with Gasteiger partial charge in [0.2, 0.25) is 5.91 Å². The van der Waals surface area contributed by atoms with Crippen LogP contribution in [0.2, 0.25) is 0 Å². The summed E-state index contributed by atoms with van der Waals surface area (Å²) in [7, 11) is 2.08. The Kier molecular flexibility index (Phi) is 5.96. The summed E-state index contributed by atoms with van der Waals surface area (Å²) in [4.78, 5) is 16.5. The van der Waals surface area contributed by atoms with Crippen LogP contribution in [-0.2, 0) is 4.79 Å². The van der Waals surface area contributed by atoms with Gasteiger partial charge in [0.15, 0.2) is 0 Å². The van der Waals surface area contributed by atoms with Crippen LogP contribution in [0.1, 0.15) is 46.5 Å². The average molecular weight is 240 g/mol. The van der Waals surface area contributed by atoms with Gasteiger partial charge in [-0.1, -0.05) is 27.2 Å². The predicted octanol–water partition coefficient (Wildman–Crippen LogP) is 2.37. The van der Waals surface area contributed by atoms with Gasteiger partial charge in [0, 0.05) is 13.1 Å². The zero-order chi connectivity index (χ0) is 12.8. The van der Waals surface area contributed by atoms with Gasteiger partial charge in [0.1, 0.15) is 0 Å². The molecule has 2 unspecified atom stereocenters. The monoisotopic (exact) mass is 240 g/mol. The zero-order valence-electron chi connectivity index (χ0n) is 11.9. The highest BCUT2D eigenvalue weighted by Gasteiger charge is 2.32. The number of hydrogen-bond donors (Lipinski definition) is 0. The van der Waals surface area contributed by atoms with Crippen LogP contribution >= 0.6 is 0 Å². The summed E-state index contributed by atoms with van der Waals surface area (Å²) in [5.41, 5.74) is 0. The Hall–Kier alpha value is -0.570. The molecule has 17 heavy (non-hydrogen) atoms. The number of rotatable bonds is 1. The number of likely N-dealkylation sites (tertiary alicyclic amines) is 2. The number of likely N-dealkylation sites (N-methyl/N-ethyl adjacent to an activating group) is 1. The Labute approximate surface area is 106 Å². The molecule has 2 fully saturated rings. The van der Waals surface area contributed by atoms with Gasteiger partial charge >= 0.3 is 0 Å². The Morgan fingerprint density at radius 2 is 1.82 bits per heavy atom. The molecular formula is C14H28N2O. The predicted molar refractivity (Wildman–Crippen MR) is 72.0 cm³/mol. The van der Waals surface area contributed by atoms with Crippen LogP contribution in [-0.4, -0.2) is 48.4 Å². The lowest BCUT2D eigenvalue weighted by Crippen LogP contribution is -2.48. The first-order valence-corrected chi connectivity index (χ1v) is 7.17. The van der Waals surface area contributed by atoms with Crippen molar-refractivity contribution in [2.45, 2.75) is 52.5 Å². The standard InChI is InChI=1S/C12H22N2O.C2H6/c1-10-6-8-14(9-10)12(15)11-5-3-4-7-13(11)2;1-2/h10-11H,3-9H2,1-2H3;1-2H3. The third-order valence-corrected chi connectivity index (χ3v) is 3.79. The van der Waals surface area contributed by atoms with Crippen LogP contribution in [0.4, 0.5) is 0 Å². The molecule has 2 rings (SSSR count). The van der Waals surface area contributed by atoms with Crippen LogP contribution in [0.25, 0.3) is 0 Å². The van der Waals surface area contributed by atoms with Crippen LogP contribution in [0.15, 0.2) is 0 Å². The molecule has 0 spiro atoms. The summed E-state index contributed by atoms with van der Waals surface area (Å²) in [6.07, 6.45) is 4.70. The van der Waals surface area contributed by atoms with E-state index in [4.69, 9.17) is 0 Å². The topological polar surface area (TPSA) is 23.6 Å². The molecule has 0 aromatic rings. The summed E-state index contributed by atoms with van der Waals surface area (Å²) in [6.45, 7) is 9.27. The lowest BCUT2D eigenvalue weighted by atomic mass is 10.0. The summed E-state index contributed by atoms with van der Waals surface area (Å²) in [6, 6.07) is 0.170. The maximum absolute atomic E-state index is 12.2. The number of hydrogen-bond acceptors (Lipinski definition) is 2. The minimum absolute atomic E-state index is 0.170. The second-order valence-electron chi connectivity index (χ2n) is 5.17. The van der Waals surface area contributed by atoms with Gasteiger partial charge in [-0.3, -0.25) is 9.69 Å². The molecule has 0 N–H and O–H groups in total. The van der Waals surface area contributed by atoms with E-state index in [0.717, 1.165) is 26.1 Å². The fourth-order valence-corrected chi connectivity index (χ4v) is 2.73. The van der Waals surface area contributed by atoms with E-state index in [1.54, 1.807) is 0 Å². The fraction of sp³-hybridized carbons (Fsp3) is 0.929. The van der Waals surface area contributed by atoms with Crippen LogP contribution in [0, 0.1) is 5.92 Å². The highest BCUT2D eigenvalue weighted by Crippen LogP contribution is 2.21. The zero-order valence-corrected chi connectivity index (χ0v) is 11.9. The van der Waals surface area contributed by atoms with Crippen molar-refractivity contribution < 1.29 is 4.79 Å². The maximum Gasteiger partial charge on any atom is 0.239 e. The molecule has 3 nitrogen and oxygen atoms in total. The number of amides is 1. The van der Waals surface area contributed by atoms with Crippen LogP contribution in [0.5, 0.6) is 0 Å². The average Bonchev–Trinajstić information content (AvgIpc) is 2.78. The highest BCUT2D eigenvalue weighted by atomic mass is 16.2. The molecule has 2 saturated heterocycles. The van der Waals surface area contributed by atoms with E-state index in [1.165, 1.54) is 19.3 Å². The van der Waals surface area contributed by atoms with Gasteiger partial charge in [-0.25, -0.2) is 0 Å². The molecule has 0 aromatic carbocycles. The van der Waals surface area contributed by atoms with Crippen molar-refractivity contribution in [1.82, 2.24) is 9.80 Å². The molecule has 0 bridgehead atoms. The number of carbonyl (C=O) groups excluding carboxylic acids is 1. The molecule has 0 aromatic heterocycles. The van der Waals surface area contributed by atoms with E-state index in [1.807, 2.05) is 13.8 Å². The molecular weight excluding hydrogens is 212 g/mol. The van der Waals surface area contributed by atoms with Gasteiger partial charge in [0.25, 0.3) is 0 Å². The maximum atomic E-state index is 12.2. The first kappa shape index (κ1) is 14.5. The molecule has 0 aliphatic carbocycles. The van der Waals surface area contributed by atoms with Gasteiger partial charge in [-0.2, -0.15) is 0 Å². The lowest BCUT2D eigenvalue weighted by molar-refractivity contribution is -0.136. The molecule has 3 heteroatoms. The molecule has 2 atom stereocenters. The fourth-order valence-electron chi connectivity index (χ4n) is 2.73. The highest BCUT2D eigenvalue weighted by molar-refractivity contribution is 5.82. The molecule has 2 heterocycles. The van der Waals surface area contributed by atoms with Crippen LogP contribution in [0.3, 0.4) is 0 Å². The molecule has 1 amide bonds. The van der Waals surface area contributed by atoms with Crippen molar-refractivity contribution in [2.75, 3.05) is 26.7 Å². The third-order valence-electron chi connectivity index (χ3n) is 3.79. The summed E-state index contributed by atoms with van der Waals surface area (Å²) < 4.78 is 0. The number of nitrogens with zero attached hydrogens (tertiary/aromatic N) is 2. The number of carbonyl (C=O) groups is 1. The lowest BCUT2D eigenvalue weighted by Gasteiger charge is -2.34. The van der Waals surface area contributed by atoms with Crippen molar-refractivity contribution in [3.8, 4) is 0 Å². The van der Waals surface area contributed by atoms with Crippen molar-refractivity contribution in [1.29, 1.82) is 0 Å². The van der Waals surface area contributed by atoms with Gasteiger partial charge in [-0.15, -0.1) is 0 Å². The normalized spacial score (nSPS) is 29.8. The minimum atomic E-state index is 0.170. The van der Waals surface area contributed by atoms with E-state index in [-0.39, 0.29) is 6.04 Å². The SMILES string of the molecule is CC.CC1CCN(C(=O)C2CCCCN2C)C1. The second kappa shape index (κ2) is 7.00. The molecule has 2 aliphatic heterocycles. The van der Waals surface area contributed by atoms with Gasteiger partial charge < -0.3 is 4.90 Å². The van der Waals surface area contributed by atoms with E-state index in [9.17, 15) is 4.79 Å². The second-order valence-corrected chi connectivity index (χ2v) is 5.17. The Balaban J connectivity index is 0.000000686. The van der Waals surface area contributed by atoms with Crippen molar-refractivity contribution in [3.63, 3.8) is 0 Å². The quantitative estimate of drug-likeness (QED) is 0.702. The first-order chi connectivity index (χ1) is 8.18. The van der Waals surface area contributed by atoms with Gasteiger partial charge in [-0.05, 0) is 38.8 Å². The Morgan fingerprint density at radius 3 is 2.35 bits per heavy atom. The van der Waals surface area contributed by atoms with Crippen molar-refractivity contribution in [2.24, 2.45) is 5.92 Å².